The largest absolute Gasteiger partial charge is 0.573 e. The van der Waals surface area contributed by atoms with Gasteiger partial charge in [0.25, 0.3) is 0 Å². The number of urea groups is 1. The molecule has 2 aliphatic rings. The molecule has 172 valence electrons. The molecule has 0 aromatic heterocycles. The van der Waals surface area contributed by atoms with E-state index >= 15 is 0 Å². The molecule has 0 fully saturated rings. The van der Waals surface area contributed by atoms with Gasteiger partial charge in [-0.2, -0.15) is 0 Å². The standard InChI is InChI=1S/C20H21F3N4O5/c1-12(28)31-10-8-15(13-4-6-14(7-5-13)32-20(21,22)23)26-19(30)27-11-17(29)25-16-3-2-9-24-18(16)27/h4-7,9,15H,2-3,8,10-11H2,1H3,(H,25,29)(H,26,30). The van der Waals surface area contributed by atoms with Gasteiger partial charge in [-0.25, -0.2) is 9.79 Å². The van der Waals surface area contributed by atoms with E-state index in [0.717, 1.165) is 12.1 Å². The van der Waals surface area contributed by atoms with E-state index in [0.29, 0.717) is 29.9 Å². The summed E-state index contributed by atoms with van der Waals surface area (Å²) in [6.07, 6.45) is -1.86. The highest BCUT2D eigenvalue weighted by atomic mass is 19.4. The van der Waals surface area contributed by atoms with Crippen molar-refractivity contribution < 1.29 is 37.0 Å². The van der Waals surface area contributed by atoms with Crippen LogP contribution in [0, 0.1) is 0 Å². The molecular formula is C20H21F3N4O5. The summed E-state index contributed by atoms with van der Waals surface area (Å²) in [4.78, 5) is 41.5. The summed E-state index contributed by atoms with van der Waals surface area (Å²) in [6.45, 7) is 0.961. The minimum atomic E-state index is -4.83. The van der Waals surface area contributed by atoms with E-state index in [1.807, 2.05) is 0 Å². The van der Waals surface area contributed by atoms with Crippen molar-refractivity contribution in [1.82, 2.24) is 15.5 Å². The van der Waals surface area contributed by atoms with Gasteiger partial charge in [0, 0.05) is 19.6 Å². The zero-order valence-corrected chi connectivity index (χ0v) is 17.1. The molecule has 12 heteroatoms. The highest BCUT2D eigenvalue weighted by Crippen LogP contribution is 2.27. The number of benzene rings is 1. The van der Waals surface area contributed by atoms with E-state index in [4.69, 9.17) is 4.74 Å². The second kappa shape index (κ2) is 9.71. The normalized spacial score (nSPS) is 16.8. The van der Waals surface area contributed by atoms with Gasteiger partial charge < -0.3 is 20.1 Å². The summed E-state index contributed by atoms with van der Waals surface area (Å²) < 4.78 is 46.0. The quantitative estimate of drug-likeness (QED) is 0.643. The van der Waals surface area contributed by atoms with E-state index in [1.165, 1.54) is 24.0 Å². The van der Waals surface area contributed by atoms with Gasteiger partial charge in [-0.05, 0) is 30.5 Å². The minimum Gasteiger partial charge on any atom is -0.466 e. The van der Waals surface area contributed by atoms with Gasteiger partial charge in [-0.1, -0.05) is 12.1 Å². The Bertz CT molecular complexity index is 944. The molecule has 1 aromatic rings. The maximum absolute atomic E-state index is 13.0. The number of alkyl halides is 3. The molecule has 0 radical (unpaired) electrons. The van der Waals surface area contributed by atoms with Gasteiger partial charge in [0.2, 0.25) is 5.91 Å². The summed E-state index contributed by atoms with van der Waals surface area (Å²) in [7, 11) is 0. The Kier molecular flexibility index (Phi) is 7.01. The Hall–Kier alpha value is -3.57. The highest BCUT2D eigenvalue weighted by molar-refractivity contribution is 5.89. The zero-order valence-electron chi connectivity index (χ0n) is 17.1. The summed E-state index contributed by atoms with van der Waals surface area (Å²) in [5.41, 5.74) is 1.01. The Labute approximate surface area is 181 Å². The summed E-state index contributed by atoms with van der Waals surface area (Å²) in [6, 6.07) is 3.64. The van der Waals surface area contributed by atoms with Gasteiger partial charge in [0.15, 0.2) is 5.82 Å². The molecule has 2 heterocycles. The van der Waals surface area contributed by atoms with Gasteiger partial charge in [0.05, 0.1) is 18.3 Å². The number of esters is 1. The number of aliphatic imine (C=N–C) groups is 1. The first kappa shape index (κ1) is 23.1. The van der Waals surface area contributed by atoms with Crippen LogP contribution < -0.4 is 15.4 Å². The molecule has 0 saturated carbocycles. The number of allylic oxidation sites excluding steroid dienone is 1. The molecule has 1 aromatic carbocycles. The lowest BCUT2D eigenvalue weighted by atomic mass is 10.0. The Morgan fingerprint density at radius 2 is 2.00 bits per heavy atom. The zero-order chi connectivity index (χ0) is 23.3. The van der Waals surface area contributed by atoms with Crippen molar-refractivity contribution in [2.45, 2.75) is 38.6 Å². The third-order valence-electron chi connectivity index (χ3n) is 4.63. The first-order chi connectivity index (χ1) is 15.1. The molecule has 2 aliphatic heterocycles. The van der Waals surface area contributed by atoms with E-state index in [1.54, 1.807) is 6.21 Å². The van der Waals surface area contributed by atoms with Crippen molar-refractivity contribution in [2.75, 3.05) is 13.2 Å². The topological polar surface area (TPSA) is 109 Å². The summed E-state index contributed by atoms with van der Waals surface area (Å²) in [5.74, 6) is -0.949. The molecular weight excluding hydrogens is 433 g/mol. The van der Waals surface area contributed by atoms with Crippen LogP contribution in [-0.2, 0) is 14.3 Å². The van der Waals surface area contributed by atoms with E-state index in [2.05, 4.69) is 20.4 Å². The van der Waals surface area contributed by atoms with E-state index in [9.17, 15) is 27.6 Å². The molecule has 1 unspecified atom stereocenters. The summed E-state index contributed by atoms with van der Waals surface area (Å²) in [5, 5.41) is 5.44. The van der Waals surface area contributed by atoms with Crippen molar-refractivity contribution in [3.63, 3.8) is 0 Å². The molecule has 9 nitrogen and oxygen atoms in total. The maximum Gasteiger partial charge on any atom is 0.573 e. The number of halogens is 3. The van der Waals surface area contributed by atoms with Crippen LogP contribution in [0.1, 0.15) is 37.8 Å². The van der Waals surface area contributed by atoms with Gasteiger partial charge in [-0.3, -0.25) is 14.5 Å². The van der Waals surface area contributed by atoms with Crippen LogP contribution in [0.3, 0.4) is 0 Å². The number of carbonyl (C=O) groups excluding carboxylic acids is 3. The number of carbonyl (C=O) groups is 3. The van der Waals surface area contributed by atoms with Crippen molar-refractivity contribution in [3.05, 3.63) is 41.3 Å². The number of rotatable bonds is 6. The molecule has 2 N–H and O–H groups in total. The second-order valence-corrected chi connectivity index (χ2v) is 7.03. The molecule has 0 bridgehead atoms. The lowest BCUT2D eigenvalue weighted by molar-refractivity contribution is -0.274. The third-order valence-corrected chi connectivity index (χ3v) is 4.63. The first-order valence-electron chi connectivity index (χ1n) is 9.75. The Morgan fingerprint density at radius 3 is 2.66 bits per heavy atom. The number of nitrogens with zero attached hydrogens (tertiary/aromatic N) is 2. The number of nitrogens with one attached hydrogen (secondary N) is 2. The van der Waals surface area contributed by atoms with Crippen LogP contribution in [0.15, 0.2) is 40.8 Å². The van der Waals surface area contributed by atoms with Crippen molar-refractivity contribution in [2.24, 2.45) is 4.99 Å². The first-order valence-corrected chi connectivity index (χ1v) is 9.75. The molecule has 3 amide bonds. The number of ether oxygens (including phenoxy) is 2. The third kappa shape index (κ3) is 6.22. The van der Waals surface area contributed by atoms with Crippen LogP contribution in [0.4, 0.5) is 18.0 Å². The van der Waals surface area contributed by atoms with Crippen molar-refractivity contribution >= 4 is 24.1 Å². The van der Waals surface area contributed by atoms with Crippen molar-refractivity contribution in [3.8, 4) is 5.75 Å². The minimum absolute atomic E-state index is 0.0341. The molecule has 1 atom stereocenters. The fraction of sp³-hybridized carbons (Fsp3) is 0.400. The highest BCUT2D eigenvalue weighted by Gasteiger charge is 2.32. The molecule has 32 heavy (non-hydrogen) atoms. The van der Waals surface area contributed by atoms with Gasteiger partial charge >= 0.3 is 18.4 Å². The fourth-order valence-corrected chi connectivity index (χ4v) is 3.27. The molecule has 0 spiro atoms. The van der Waals surface area contributed by atoms with Crippen LogP contribution >= 0.6 is 0 Å². The average molecular weight is 454 g/mol. The predicted molar refractivity (Wildman–Crippen MR) is 105 cm³/mol. The average Bonchev–Trinajstić information content (AvgIpc) is 2.71. The van der Waals surface area contributed by atoms with E-state index < -0.39 is 30.2 Å². The monoisotopic (exact) mass is 454 g/mol. The Morgan fingerprint density at radius 1 is 1.28 bits per heavy atom. The van der Waals surface area contributed by atoms with Crippen LogP contribution in [0.25, 0.3) is 0 Å². The Balaban J connectivity index is 1.78. The van der Waals surface area contributed by atoms with Crippen LogP contribution in [-0.4, -0.2) is 48.5 Å². The van der Waals surface area contributed by atoms with Gasteiger partial charge in [-0.15, -0.1) is 13.2 Å². The number of amides is 3. The molecule has 3 rings (SSSR count). The molecule has 0 saturated heterocycles. The number of hydrogen-bond donors (Lipinski definition) is 2. The van der Waals surface area contributed by atoms with Crippen molar-refractivity contribution in [1.29, 1.82) is 0 Å². The predicted octanol–water partition coefficient (Wildman–Crippen LogP) is 2.75. The maximum atomic E-state index is 13.0. The SMILES string of the molecule is CC(=O)OCCC(NC(=O)N1CC(=O)NC2=C1N=CCC2)c1ccc(OC(F)(F)F)cc1. The second-order valence-electron chi connectivity index (χ2n) is 7.03. The molecule has 0 aliphatic carbocycles. The number of hydrogen-bond acceptors (Lipinski definition) is 6. The lowest BCUT2D eigenvalue weighted by Gasteiger charge is -2.32. The lowest BCUT2D eigenvalue weighted by Crippen LogP contribution is -2.50. The summed E-state index contributed by atoms with van der Waals surface area (Å²) >= 11 is 0. The smallest absolute Gasteiger partial charge is 0.466 e. The van der Waals surface area contributed by atoms with E-state index in [-0.39, 0.29) is 25.5 Å². The van der Waals surface area contributed by atoms with Gasteiger partial charge in [0.1, 0.15) is 12.3 Å². The van der Waals surface area contributed by atoms with Crippen LogP contribution in [0.2, 0.25) is 0 Å². The fourth-order valence-electron chi connectivity index (χ4n) is 3.27. The van der Waals surface area contributed by atoms with Crippen LogP contribution in [0.5, 0.6) is 5.75 Å².